The van der Waals surface area contributed by atoms with Gasteiger partial charge >= 0.3 is 5.97 Å². The Balaban J connectivity index is 1.89. The van der Waals surface area contributed by atoms with Crippen LogP contribution in [0, 0.1) is 11.7 Å². The second kappa shape index (κ2) is 8.95. The fourth-order valence-corrected chi connectivity index (χ4v) is 5.15. The Morgan fingerprint density at radius 2 is 2.27 bits per heavy atom. The zero-order valence-electron chi connectivity index (χ0n) is 16.6. The number of thiazole rings is 1. The lowest BCUT2D eigenvalue weighted by molar-refractivity contribution is -0.139. The number of ether oxygens (including phenoxy) is 2. The smallest absolute Gasteiger partial charge is 0.338 e. The van der Waals surface area contributed by atoms with Crippen LogP contribution in [0.4, 0.5) is 4.39 Å². The standard InChI is InChI=1S/C21H21BrFN3O3S/c1-3-29-21(27)17-16-8-12(11-28-2)10-26(16)19(20-24-6-7-30-20)25-18(17)14-5-4-13(23)9-15(14)22/h4-7,9,12,18H,3,8,10-11H2,1-2H3. The van der Waals surface area contributed by atoms with Crippen LogP contribution >= 0.6 is 27.3 Å². The van der Waals surface area contributed by atoms with E-state index in [0.29, 0.717) is 41.0 Å². The quantitative estimate of drug-likeness (QED) is 0.560. The van der Waals surface area contributed by atoms with Gasteiger partial charge in [-0.15, -0.1) is 11.3 Å². The van der Waals surface area contributed by atoms with Crippen molar-refractivity contribution in [2.45, 2.75) is 19.4 Å². The SMILES string of the molecule is CCOC(=O)C1=C2CC(COC)CN2C(c2nccs2)=NC1c1ccc(F)cc1Br. The van der Waals surface area contributed by atoms with Crippen LogP contribution < -0.4 is 0 Å². The third-order valence-corrected chi connectivity index (χ3v) is 6.57. The van der Waals surface area contributed by atoms with E-state index in [0.717, 1.165) is 10.7 Å². The summed E-state index contributed by atoms with van der Waals surface area (Å²) in [5, 5.41) is 2.67. The average Bonchev–Trinajstić information content (AvgIpc) is 3.37. The molecular weight excluding hydrogens is 473 g/mol. The highest BCUT2D eigenvalue weighted by Crippen LogP contribution is 2.43. The number of carbonyl (C=O) groups excluding carboxylic acids is 1. The van der Waals surface area contributed by atoms with Crippen molar-refractivity contribution >= 4 is 39.1 Å². The summed E-state index contributed by atoms with van der Waals surface area (Å²) in [5.74, 6) is 0.167. The number of amidine groups is 1. The van der Waals surface area contributed by atoms with E-state index in [1.165, 1.54) is 23.5 Å². The van der Waals surface area contributed by atoms with Crippen LogP contribution in [0.15, 0.2) is 50.5 Å². The van der Waals surface area contributed by atoms with Crippen LogP contribution in [0.5, 0.6) is 0 Å². The molecule has 0 N–H and O–H groups in total. The summed E-state index contributed by atoms with van der Waals surface area (Å²) >= 11 is 4.94. The molecule has 2 aromatic rings. The number of esters is 1. The second-order valence-corrected chi connectivity index (χ2v) is 8.82. The Morgan fingerprint density at radius 3 is 2.93 bits per heavy atom. The molecule has 0 aliphatic carbocycles. The van der Waals surface area contributed by atoms with Crippen LogP contribution in [0.2, 0.25) is 0 Å². The first kappa shape index (κ1) is 21.1. The van der Waals surface area contributed by atoms with Crippen molar-refractivity contribution in [3.63, 3.8) is 0 Å². The predicted molar refractivity (Wildman–Crippen MR) is 116 cm³/mol. The Hall–Kier alpha value is -2.10. The first-order valence-electron chi connectivity index (χ1n) is 9.62. The molecule has 2 atom stereocenters. The van der Waals surface area contributed by atoms with E-state index in [1.54, 1.807) is 26.3 Å². The maximum atomic E-state index is 13.7. The van der Waals surface area contributed by atoms with Gasteiger partial charge in [-0.25, -0.2) is 14.2 Å². The van der Waals surface area contributed by atoms with E-state index in [-0.39, 0.29) is 18.3 Å². The minimum atomic E-state index is -0.620. The van der Waals surface area contributed by atoms with Crippen molar-refractivity contribution < 1.29 is 18.7 Å². The highest BCUT2D eigenvalue weighted by atomic mass is 79.9. The number of carbonyl (C=O) groups is 1. The van der Waals surface area contributed by atoms with Gasteiger partial charge in [-0.2, -0.15) is 0 Å². The maximum absolute atomic E-state index is 13.7. The molecule has 0 radical (unpaired) electrons. The molecule has 0 amide bonds. The number of rotatable bonds is 6. The van der Waals surface area contributed by atoms with E-state index in [4.69, 9.17) is 14.5 Å². The number of nitrogens with zero attached hydrogens (tertiary/aromatic N) is 3. The number of fused-ring (bicyclic) bond motifs is 1. The van der Waals surface area contributed by atoms with Gasteiger partial charge in [0.05, 0.1) is 18.8 Å². The fraction of sp³-hybridized carbons (Fsp3) is 0.381. The lowest BCUT2D eigenvalue weighted by atomic mass is 9.94. The van der Waals surface area contributed by atoms with Gasteiger partial charge in [0, 0.05) is 41.3 Å². The molecule has 30 heavy (non-hydrogen) atoms. The Kier molecular flexibility index (Phi) is 6.31. The molecule has 2 unspecified atom stereocenters. The molecular formula is C21H21BrFN3O3S. The summed E-state index contributed by atoms with van der Waals surface area (Å²) < 4.78 is 25.1. The zero-order chi connectivity index (χ0) is 21.3. The molecule has 6 nitrogen and oxygen atoms in total. The Labute approximate surface area is 186 Å². The summed E-state index contributed by atoms with van der Waals surface area (Å²) in [4.78, 5) is 24.5. The lowest BCUT2D eigenvalue weighted by Gasteiger charge is -2.32. The van der Waals surface area contributed by atoms with Crippen LogP contribution in [-0.4, -0.2) is 48.6 Å². The van der Waals surface area contributed by atoms with Gasteiger partial charge in [0.2, 0.25) is 0 Å². The molecule has 0 saturated carbocycles. The molecule has 1 saturated heterocycles. The van der Waals surface area contributed by atoms with E-state index >= 15 is 0 Å². The van der Waals surface area contributed by atoms with Crippen LogP contribution in [-0.2, 0) is 14.3 Å². The van der Waals surface area contributed by atoms with Crippen molar-refractivity contribution in [3.05, 3.63) is 61.9 Å². The molecule has 2 aliphatic heterocycles. The van der Waals surface area contributed by atoms with Gasteiger partial charge < -0.3 is 14.4 Å². The number of hydrogen-bond acceptors (Lipinski definition) is 7. The minimum Gasteiger partial charge on any atom is -0.463 e. The first-order valence-corrected chi connectivity index (χ1v) is 11.3. The molecule has 4 rings (SSSR count). The summed E-state index contributed by atoms with van der Waals surface area (Å²) in [6.45, 7) is 3.30. The molecule has 2 aliphatic rings. The number of allylic oxidation sites excluding steroid dienone is 1. The van der Waals surface area contributed by atoms with Gasteiger partial charge in [0.15, 0.2) is 10.8 Å². The molecule has 1 aromatic carbocycles. The molecule has 1 aromatic heterocycles. The molecule has 0 bridgehead atoms. The first-order chi connectivity index (χ1) is 14.5. The molecule has 9 heteroatoms. The molecule has 1 fully saturated rings. The number of benzene rings is 1. The minimum absolute atomic E-state index is 0.218. The van der Waals surface area contributed by atoms with E-state index < -0.39 is 12.0 Å². The van der Waals surface area contributed by atoms with E-state index in [2.05, 4.69) is 25.8 Å². The van der Waals surface area contributed by atoms with E-state index in [1.807, 2.05) is 5.38 Å². The van der Waals surface area contributed by atoms with Crippen molar-refractivity contribution in [3.8, 4) is 0 Å². The van der Waals surface area contributed by atoms with Crippen molar-refractivity contribution in [2.75, 3.05) is 26.9 Å². The Morgan fingerprint density at radius 1 is 1.43 bits per heavy atom. The number of hydrogen-bond donors (Lipinski definition) is 0. The van der Waals surface area contributed by atoms with Crippen LogP contribution in [0.25, 0.3) is 0 Å². The van der Waals surface area contributed by atoms with Crippen molar-refractivity contribution in [1.82, 2.24) is 9.88 Å². The van der Waals surface area contributed by atoms with Gasteiger partial charge in [-0.05, 0) is 31.0 Å². The number of aliphatic imine (C=N–C) groups is 1. The third kappa shape index (κ3) is 3.93. The Bertz CT molecular complexity index is 1010. The summed E-state index contributed by atoms with van der Waals surface area (Å²) in [7, 11) is 1.67. The summed E-state index contributed by atoms with van der Waals surface area (Å²) in [5.41, 5.74) is 2.07. The molecule has 0 spiro atoms. The highest BCUT2D eigenvalue weighted by molar-refractivity contribution is 9.10. The largest absolute Gasteiger partial charge is 0.463 e. The topological polar surface area (TPSA) is 64.0 Å². The second-order valence-electron chi connectivity index (χ2n) is 7.08. The van der Waals surface area contributed by atoms with Gasteiger partial charge in [-0.1, -0.05) is 22.0 Å². The van der Waals surface area contributed by atoms with Crippen LogP contribution in [0.1, 0.15) is 30.0 Å². The highest BCUT2D eigenvalue weighted by Gasteiger charge is 2.42. The monoisotopic (exact) mass is 493 g/mol. The predicted octanol–water partition coefficient (Wildman–Crippen LogP) is 4.33. The fourth-order valence-electron chi connectivity index (χ4n) is 3.94. The molecule has 3 heterocycles. The van der Waals surface area contributed by atoms with Gasteiger partial charge in [0.25, 0.3) is 0 Å². The number of halogens is 2. The summed E-state index contributed by atoms with van der Waals surface area (Å²) in [6, 6.07) is 3.80. The normalized spacial score (nSPS) is 20.9. The number of aromatic nitrogens is 1. The van der Waals surface area contributed by atoms with Crippen LogP contribution in [0.3, 0.4) is 0 Å². The summed E-state index contributed by atoms with van der Waals surface area (Å²) in [6.07, 6.45) is 2.40. The van der Waals surface area contributed by atoms with Crippen molar-refractivity contribution in [1.29, 1.82) is 0 Å². The van der Waals surface area contributed by atoms with Crippen molar-refractivity contribution in [2.24, 2.45) is 10.9 Å². The zero-order valence-corrected chi connectivity index (χ0v) is 19.0. The third-order valence-electron chi connectivity index (χ3n) is 5.12. The van der Waals surface area contributed by atoms with Gasteiger partial charge in [-0.3, -0.25) is 4.99 Å². The molecule has 158 valence electrons. The van der Waals surface area contributed by atoms with Gasteiger partial charge in [0.1, 0.15) is 11.9 Å². The lowest BCUT2D eigenvalue weighted by Crippen LogP contribution is -2.35. The average molecular weight is 494 g/mol. The maximum Gasteiger partial charge on any atom is 0.338 e. The van der Waals surface area contributed by atoms with E-state index in [9.17, 15) is 9.18 Å². The number of methoxy groups -OCH3 is 1.